The molecule has 1 amide bonds. The predicted molar refractivity (Wildman–Crippen MR) is 130 cm³/mol. The second kappa shape index (κ2) is 9.87. The third-order valence-electron chi connectivity index (χ3n) is 5.13. The van der Waals surface area contributed by atoms with Crippen LogP contribution in [0, 0.1) is 0 Å². The Kier molecular flexibility index (Phi) is 6.74. The van der Waals surface area contributed by atoms with E-state index < -0.39 is 12.1 Å². The van der Waals surface area contributed by atoms with Crippen molar-refractivity contribution >= 4 is 44.5 Å². The van der Waals surface area contributed by atoms with Crippen molar-refractivity contribution in [2.45, 2.75) is 19.4 Å². The summed E-state index contributed by atoms with van der Waals surface area (Å²) in [5.41, 5.74) is 3.25. The van der Waals surface area contributed by atoms with Gasteiger partial charge in [-0.1, -0.05) is 19.1 Å². The van der Waals surface area contributed by atoms with Crippen molar-refractivity contribution in [1.29, 1.82) is 0 Å². The third kappa shape index (κ3) is 5.06. The van der Waals surface area contributed by atoms with Crippen LogP contribution in [0.1, 0.15) is 23.7 Å². The molecule has 8 heteroatoms. The Morgan fingerprint density at radius 1 is 1.09 bits per heavy atom. The van der Waals surface area contributed by atoms with E-state index in [2.05, 4.69) is 31.2 Å². The van der Waals surface area contributed by atoms with Crippen LogP contribution in [-0.2, 0) is 9.53 Å². The number of hydrogen-bond donors (Lipinski definition) is 2. The fraction of sp³-hybridized carbons (Fsp3) is 0.160. The molecule has 33 heavy (non-hydrogen) atoms. The first kappa shape index (κ1) is 22.5. The summed E-state index contributed by atoms with van der Waals surface area (Å²) in [7, 11) is 1.62. The summed E-state index contributed by atoms with van der Waals surface area (Å²) < 4.78 is 11.4. The topological polar surface area (TPSA) is 93.3 Å². The molecule has 3 aromatic carbocycles. The molecule has 0 aliphatic carbocycles. The molecule has 168 valence electrons. The summed E-state index contributed by atoms with van der Waals surface area (Å²) in [6.07, 6.45) is -0.576. The monoisotopic (exact) mass is 507 g/mol. The van der Waals surface area contributed by atoms with Gasteiger partial charge in [0.05, 0.1) is 29.4 Å². The zero-order valence-electron chi connectivity index (χ0n) is 18.1. The number of para-hydroxylation sites is 1. The standard InChI is InChI=1S/C25H22BrN3O4/c1-3-22(24(30)29-19-7-5-4-6-18(19)26)33-25(31)16-10-13-20-21(14-16)28-23(27-20)15-8-11-17(32-2)12-9-15/h4-14,22H,3H2,1-2H3,(H,27,28)(H,29,30). The van der Waals surface area contributed by atoms with Crippen molar-refractivity contribution in [3.05, 3.63) is 76.8 Å². The average molecular weight is 508 g/mol. The van der Waals surface area contributed by atoms with Crippen LogP contribution in [0.25, 0.3) is 22.4 Å². The summed E-state index contributed by atoms with van der Waals surface area (Å²) in [5, 5.41) is 2.79. The molecule has 1 heterocycles. The van der Waals surface area contributed by atoms with Crippen LogP contribution in [0.4, 0.5) is 5.69 Å². The first-order valence-corrected chi connectivity index (χ1v) is 11.2. The number of nitrogens with zero attached hydrogens (tertiary/aromatic N) is 1. The lowest BCUT2D eigenvalue weighted by Crippen LogP contribution is -2.32. The van der Waals surface area contributed by atoms with E-state index >= 15 is 0 Å². The van der Waals surface area contributed by atoms with E-state index in [1.54, 1.807) is 38.3 Å². The Morgan fingerprint density at radius 3 is 2.55 bits per heavy atom. The summed E-state index contributed by atoms with van der Waals surface area (Å²) in [4.78, 5) is 33.2. The molecular weight excluding hydrogens is 486 g/mol. The Balaban J connectivity index is 1.49. The number of ether oxygens (including phenoxy) is 2. The number of hydrogen-bond acceptors (Lipinski definition) is 5. The zero-order valence-corrected chi connectivity index (χ0v) is 19.7. The van der Waals surface area contributed by atoms with Gasteiger partial charge in [0.25, 0.3) is 5.91 Å². The number of H-pyrrole nitrogens is 1. The van der Waals surface area contributed by atoms with Crippen molar-refractivity contribution in [2.75, 3.05) is 12.4 Å². The lowest BCUT2D eigenvalue weighted by atomic mass is 10.2. The molecule has 0 bridgehead atoms. The number of fused-ring (bicyclic) bond motifs is 1. The number of nitrogens with one attached hydrogen (secondary N) is 2. The number of methoxy groups -OCH3 is 1. The molecule has 7 nitrogen and oxygen atoms in total. The first-order valence-electron chi connectivity index (χ1n) is 10.4. The Labute approximate surface area is 199 Å². The number of benzene rings is 3. The second-order valence-electron chi connectivity index (χ2n) is 7.32. The number of imidazole rings is 1. The highest BCUT2D eigenvalue weighted by Gasteiger charge is 2.23. The van der Waals surface area contributed by atoms with Gasteiger partial charge < -0.3 is 19.8 Å². The number of halogens is 1. The molecular formula is C25H22BrN3O4. The molecule has 0 fully saturated rings. The molecule has 0 aliphatic heterocycles. The highest BCUT2D eigenvalue weighted by Crippen LogP contribution is 2.24. The number of anilines is 1. The average Bonchev–Trinajstić information content (AvgIpc) is 3.27. The van der Waals surface area contributed by atoms with Gasteiger partial charge in [-0.15, -0.1) is 0 Å². The quantitative estimate of drug-likeness (QED) is 0.318. The molecule has 0 radical (unpaired) electrons. The highest BCUT2D eigenvalue weighted by atomic mass is 79.9. The van der Waals surface area contributed by atoms with E-state index in [0.717, 1.165) is 21.3 Å². The summed E-state index contributed by atoms with van der Waals surface area (Å²) >= 11 is 3.39. The van der Waals surface area contributed by atoms with Crippen LogP contribution in [0.2, 0.25) is 0 Å². The summed E-state index contributed by atoms with van der Waals surface area (Å²) in [6.45, 7) is 1.79. The van der Waals surface area contributed by atoms with Crippen molar-refractivity contribution in [3.8, 4) is 17.1 Å². The van der Waals surface area contributed by atoms with Crippen LogP contribution in [0.5, 0.6) is 5.75 Å². The Morgan fingerprint density at radius 2 is 1.85 bits per heavy atom. The van der Waals surface area contributed by atoms with Crippen LogP contribution in [-0.4, -0.2) is 35.1 Å². The van der Waals surface area contributed by atoms with E-state index in [4.69, 9.17) is 9.47 Å². The molecule has 2 N–H and O–H groups in total. The first-order chi connectivity index (χ1) is 16.0. The van der Waals surface area contributed by atoms with Crippen molar-refractivity contribution in [1.82, 2.24) is 9.97 Å². The fourth-order valence-electron chi connectivity index (χ4n) is 3.32. The van der Waals surface area contributed by atoms with Crippen LogP contribution in [0.3, 0.4) is 0 Å². The van der Waals surface area contributed by atoms with Gasteiger partial charge in [-0.2, -0.15) is 0 Å². The largest absolute Gasteiger partial charge is 0.497 e. The molecule has 0 saturated carbocycles. The molecule has 0 saturated heterocycles. The fourth-order valence-corrected chi connectivity index (χ4v) is 3.70. The molecule has 4 rings (SSSR count). The highest BCUT2D eigenvalue weighted by molar-refractivity contribution is 9.10. The molecule has 1 atom stereocenters. The maximum absolute atomic E-state index is 12.8. The lowest BCUT2D eigenvalue weighted by Gasteiger charge is -2.16. The number of aromatic nitrogens is 2. The van der Waals surface area contributed by atoms with Crippen molar-refractivity contribution in [2.24, 2.45) is 0 Å². The van der Waals surface area contributed by atoms with Gasteiger partial charge in [0.1, 0.15) is 11.6 Å². The third-order valence-corrected chi connectivity index (χ3v) is 5.82. The number of aromatic amines is 1. The van der Waals surface area contributed by atoms with Gasteiger partial charge in [-0.05, 0) is 76.9 Å². The van der Waals surface area contributed by atoms with E-state index in [1.165, 1.54) is 0 Å². The second-order valence-corrected chi connectivity index (χ2v) is 8.17. The molecule has 4 aromatic rings. The zero-order chi connectivity index (χ0) is 23.4. The molecule has 1 aromatic heterocycles. The van der Waals surface area contributed by atoms with Gasteiger partial charge in [-0.3, -0.25) is 4.79 Å². The summed E-state index contributed by atoms with van der Waals surface area (Å²) in [5.74, 6) is 0.472. The number of esters is 1. The van der Waals surface area contributed by atoms with Crippen LogP contribution >= 0.6 is 15.9 Å². The minimum Gasteiger partial charge on any atom is -0.497 e. The summed E-state index contributed by atoms with van der Waals surface area (Å²) in [6, 6.07) is 19.8. The number of carbonyl (C=O) groups is 2. The van der Waals surface area contributed by atoms with E-state index in [-0.39, 0.29) is 5.91 Å². The van der Waals surface area contributed by atoms with Gasteiger partial charge >= 0.3 is 5.97 Å². The van der Waals surface area contributed by atoms with Gasteiger partial charge in [0.15, 0.2) is 6.10 Å². The number of amides is 1. The minimum atomic E-state index is -0.920. The maximum atomic E-state index is 12.8. The van der Waals surface area contributed by atoms with Crippen LogP contribution in [0.15, 0.2) is 71.2 Å². The van der Waals surface area contributed by atoms with E-state index in [1.807, 2.05) is 42.5 Å². The molecule has 1 unspecified atom stereocenters. The van der Waals surface area contributed by atoms with Crippen molar-refractivity contribution < 1.29 is 19.1 Å². The SMILES string of the molecule is CCC(OC(=O)c1ccc2nc(-c3ccc(OC)cc3)[nH]c2c1)C(=O)Nc1ccccc1Br. The molecule has 0 aliphatic rings. The van der Waals surface area contributed by atoms with Gasteiger partial charge in [0, 0.05) is 10.0 Å². The number of rotatable bonds is 7. The van der Waals surface area contributed by atoms with Crippen molar-refractivity contribution in [3.63, 3.8) is 0 Å². The molecule has 0 spiro atoms. The number of carbonyl (C=O) groups excluding carboxylic acids is 2. The smallest absolute Gasteiger partial charge is 0.338 e. The lowest BCUT2D eigenvalue weighted by molar-refractivity contribution is -0.124. The van der Waals surface area contributed by atoms with Gasteiger partial charge in [0.2, 0.25) is 0 Å². The van der Waals surface area contributed by atoms with Crippen LogP contribution < -0.4 is 10.1 Å². The van der Waals surface area contributed by atoms with E-state index in [0.29, 0.717) is 29.0 Å². The van der Waals surface area contributed by atoms with E-state index in [9.17, 15) is 9.59 Å². The van der Waals surface area contributed by atoms with Gasteiger partial charge in [-0.25, -0.2) is 9.78 Å². The predicted octanol–water partition coefficient (Wildman–Crippen LogP) is 5.58. The maximum Gasteiger partial charge on any atom is 0.338 e. The minimum absolute atomic E-state index is 0.333. The normalized spacial score (nSPS) is 11.7. The Hall–Kier alpha value is -3.65. The Bertz CT molecular complexity index is 1300.